The lowest BCUT2D eigenvalue weighted by atomic mass is 9.94. The quantitative estimate of drug-likeness (QED) is 0.761. The first-order chi connectivity index (χ1) is 11.6. The third kappa shape index (κ3) is 3.78. The van der Waals surface area contributed by atoms with Crippen LogP contribution >= 0.6 is 0 Å². The molecule has 0 spiro atoms. The molecule has 1 aliphatic rings. The molecule has 1 saturated carbocycles. The van der Waals surface area contributed by atoms with Gasteiger partial charge in [0.05, 0.1) is 12.3 Å². The molecule has 1 aliphatic carbocycles. The molecule has 5 nitrogen and oxygen atoms in total. The number of benzene rings is 1. The lowest BCUT2D eigenvalue weighted by molar-refractivity contribution is -0.121. The monoisotopic (exact) mass is 333 g/mol. The fourth-order valence-corrected chi connectivity index (χ4v) is 3.11. The second-order valence-electron chi connectivity index (χ2n) is 5.98. The van der Waals surface area contributed by atoms with Crippen LogP contribution in [0.2, 0.25) is 0 Å². The van der Waals surface area contributed by atoms with Crippen LogP contribution in [-0.4, -0.2) is 32.3 Å². The van der Waals surface area contributed by atoms with E-state index in [1.54, 1.807) is 6.92 Å². The molecule has 2 amide bonds. The molecule has 0 radical (unpaired) electrons. The summed E-state index contributed by atoms with van der Waals surface area (Å²) >= 11 is 0. The Kier molecular flexibility index (Phi) is 6.37. The van der Waals surface area contributed by atoms with Crippen molar-refractivity contribution in [2.24, 2.45) is 0 Å². The zero-order valence-electron chi connectivity index (χ0n) is 15.1. The van der Waals surface area contributed by atoms with E-state index in [9.17, 15) is 9.59 Å². The number of carbonyl (C=O) groups excluding carboxylic acids is 2. The topological polar surface area (TPSA) is 55.8 Å². The molecule has 1 aromatic carbocycles. The summed E-state index contributed by atoms with van der Waals surface area (Å²) < 4.78 is 10.1. The molecule has 132 valence electrons. The molecule has 5 heteroatoms. The number of anilines is 1. The van der Waals surface area contributed by atoms with Gasteiger partial charge in [-0.2, -0.15) is 0 Å². The minimum atomic E-state index is -0.628. The molecule has 1 fully saturated rings. The van der Waals surface area contributed by atoms with Gasteiger partial charge < -0.3 is 9.47 Å². The summed E-state index contributed by atoms with van der Waals surface area (Å²) in [4.78, 5) is 26.3. The van der Waals surface area contributed by atoms with Gasteiger partial charge in [-0.1, -0.05) is 26.0 Å². The number of imide groups is 1. The summed E-state index contributed by atoms with van der Waals surface area (Å²) in [7, 11) is 1.45. The third-order valence-corrected chi connectivity index (χ3v) is 4.35. The van der Waals surface area contributed by atoms with E-state index >= 15 is 0 Å². The highest BCUT2D eigenvalue weighted by Gasteiger charge is 2.33. The van der Waals surface area contributed by atoms with Crippen molar-refractivity contribution in [3.63, 3.8) is 0 Å². The molecule has 0 N–H and O–H groups in total. The minimum Gasteiger partial charge on any atom is -0.449 e. The Morgan fingerprint density at radius 3 is 2.38 bits per heavy atom. The molecular weight excluding hydrogens is 306 g/mol. The number of hydrogen-bond donors (Lipinski definition) is 0. The summed E-state index contributed by atoms with van der Waals surface area (Å²) in [6.45, 7) is 5.89. The standard InChI is InChI=1S/C19H27NO4/c1-5-13-10-11-16(14-8-9-14)15(6-2)18(13)20(17(21)12-23-4)19(22)24-7-3/h10-11,14H,5-9,12H2,1-4H3. The second kappa shape index (κ2) is 8.29. The van der Waals surface area contributed by atoms with Gasteiger partial charge in [0.15, 0.2) is 0 Å². The van der Waals surface area contributed by atoms with Crippen molar-refractivity contribution in [3.05, 3.63) is 28.8 Å². The Hall–Kier alpha value is -1.88. The van der Waals surface area contributed by atoms with Crippen LogP contribution in [0.5, 0.6) is 0 Å². The molecule has 2 rings (SSSR count). The zero-order valence-corrected chi connectivity index (χ0v) is 15.1. The SMILES string of the molecule is CCOC(=O)N(C(=O)COC)c1c(CC)ccc(C2CC2)c1CC. The number of methoxy groups -OCH3 is 1. The van der Waals surface area contributed by atoms with Crippen molar-refractivity contribution in [3.8, 4) is 0 Å². The predicted octanol–water partition coefficient (Wildman–Crippen LogP) is 3.82. The highest BCUT2D eigenvalue weighted by atomic mass is 16.6. The fourth-order valence-electron chi connectivity index (χ4n) is 3.11. The van der Waals surface area contributed by atoms with E-state index in [2.05, 4.69) is 13.0 Å². The maximum atomic E-state index is 12.6. The van der Waals surface area contributed by atoms with Gasteiger partial charge in [0, 0.05) is 7.11 Å². The average molecular weight is 333 g/mol. The fraction of sp³-hybridized carbons (Fsp3) is 0.579. The van der Waals surface area contributed by atoms with E-state index in [1.165, 1.54) is 30.4 Å². The van der Waals surface area contributed by atoms with Crippen LogP contribution in [0.1, 0.15) is 56.2 Å². The average Bonchev–Trinajstić information content (AvgIpc) is 3.40. The predicted molar refractivity (Wildman–Crippen MR) is 93.6 cm³/mol. The van der Waals surface area contributed by atoms with Gasteiger partial charge in [0.25, 0.3) is 5.91 Å². The first kappa shape index (κ1) is 18.5. The number of rotatable bonds is 7. The highest BCUT2D eigenvalue weighted by molar-refractivity contribution is 6.14. The Balaban J connectivity index is 2.59. The van der Waals surface area contributed by atoms with Crippen molar-refractivity contribution in [2.75, 3.05) is 25.2 Å². The van der Waals surface area contributed by atoms with Gasteiger partial charge >= 0.3 is 6.09 Å². The number of nitrogens with zero attached hydrogens (tertiary/aromatic N) is 1. The van der Waals surface area contributed by atoms with E-state index < -0.39 is 12.0 Å². The molecular formula is C19H27NO4. The van der Waals surface area contributed by atoms with E-state index in [1.807, 2.05) is 13.0 Å². The van der Waals surface area contributed by atoms with Crippen molar-refractivity contribution in [1.82, 2.24) is 0 Å². The molecule has 0 unspecified atom stereocenters. The van der Waals surface area contributed by atoms with Gasteiger partial charge in [0.1, 0.15) is 6.61 Å². The van der Waals surface area contributed by atoms with Gasteiger partial charge in [-0.25, -0.2) is 9.69 Å². The summed E-state index contributed by atoms with van der Waals surface area (Å²) in [5.74, 6) is 0.152. The van der Waals surface area contributed by atoms with Crippen LogP contribution in [0.3, 0.4) is 0 Å². The van der Waals surface area contributed by atoms with Gasteiger partial charge in [-0.3, -0.25) is 4.79 Å². The Bertz CT molecular complexity index is 590. The van der Waals surface area contributed by atoms with Crippen molar-refractivity contribution < 1.29 is 19.1 Å². The molecule has 0 saturated heterocycles. The van der Waals surface area contributed by atoms with E-state index in [0.717, 1.165) is 24.0 Å². The number of hydrogen-bond acceptors (Lipinski definition) is 4. The van der Waals surface area contributed by atoms with Gasteiger partial charge in [0.2, 0.25) is 0 Å². The first-order valence-corrected chi connectivity index (χ1v) is 8.72. The second-order valence-corrected chi connectivity index (χ2v) is 5.98. The van der Waals surface area contributed by atoms with Crippen molar-refractivity contribution >= 4 is 17.7 Å². The number of amides is 2. The van der Waals surface area contributed by atoms with Gasteiger partial charge in [-0.05, 0) is 55.2 Å². The lowest BCUT2D eigenvalue weighted by Crippen LogP contribution is -2.41. The van der Waals surface area contributed by atoms with Crippen LogP contribution in [0.4, 0.5) is 10.5 Å². The van der Waals surface area contributed by atoms with Gasteiger partial charge in [-0.15, -0.1) is 0 Å². The Morgan fingerprint density at radius 1 is 1.17 bits per heavy atom. The summed E-state index contributed by atoms with van der Waals surface area (Å²) in [6.07, 6.45) is 3.22. The molecule has 0 aromatic heterocycles. The number of ether oxygens (including phenoxy) is 2. The first-order valence-electron chi connectivity index (χ1n) is 8.72. The van der Waals surface area contributed by atoms with Crippen LogP contribution < -0.4 is 4.90 Å². The third-order valence-electron chi connectivity index (χ3n) is 4.35. The van der Waals surface area contributed by atoms with Crippen molar-refractivity contribution in [2.45, 2.75) is 52.4 Å². The minimum absolute atomic E-state index is 0.154. The summed E-state index contributed by atoms with van der Waals surface area (Å²) in [6, 6.07) is 4.19. The largest absolute Gasteiger partial charge is 0.449 e. The van der Waals surface area contributed by atoms with E-state index in [-0.39, 0.29) is 13.2 Å². The van der Waals surface area contributed by atoms with E-state index in [0.29, 0.717) is 11.6 Å². The highest BCUT2D eigenvalue weighted by Crippen LogP contribution is 2.45. The molecule has 0 aliphatic heterocycles. The zero-order chi connectivity index (χ0) is 17.7. The van der Waals surface area contributed by atoms with Crippen LogP contribution in [-0.2, 0) is 27.1 Å². The molecule has 1 aromatic rings. The summed E-state index contributed by atoms with van der Waals surface area (Å²) in [5, 5.41) is 0. The lowest BCUT2D eigenvalue weighted by Gasteiger charge is -2.26. The van der Waals surface area contributed by atoms with Crippen LogP contribution in [0.25, 0.3) is 0 Å². The number of aryl methyl sites for hydroxylation is 1. The van der Waals surface area contributed by atoms with Crippen LogP contribution in [0.15, 0.2) is 12.1 Å². The molecule has 0 bridgehead atoms. The van der Waals surface area contributed by atoms with E-state index in [4.69, 9.17) is 9.47 Å². The number of carbonyl (C=O) groups is 2. The maximum Gasteiger partial charge on any atom is 0.421 e. The van der Waals surface area contributed by atoms with Crippen molar-refractivity contribution in [1.29, 1.82) is 0 Å². The normalized spacial score (nSPS) is 13.7. The smallest absolute Gasteiger partial charge is 0.421 e. The molecule has 0 heterocycles. The molecule has 0 atom stereocenters. The Morgan fingerprint density at radius 2 is 1.88 bits per heavy atom. The Labute approximate surface area is 143 Å². The maximum absolute atomic E-state index is 12.6. The van der Waals surface area contributed by atoms with Crippen LogP contribution in [0, 0.1) is 0 Å². The molecule has 24 heavy (non-hydrogen) atoms. The summed E-state index contributed by atoms with van der Waals surface area (Å²) in [5.41, 5.74) is 4.01.